The fraction of sp³-hybridized carbons (Fsp3) is 0.167. The maximum absolute atomic E-state index is 12.7. The number of ether oxygens (including phenoxy) is 1. The molecule has 0 atom stereocenters. The molecule has 0 aliphatic carbocycles. The van der Waals surface area contributed by atoms with Gasteiger partial charge in [-0.15, -0.1) is 11.3 Å². The van der Waals surface area contributed by atoms with Crippen LogP contribution in [0.15, 0.2) is 28.7 Å². The number of aryl methyl sites for hydroxylation is 1. The van der Waals surface area contributed by atoms with Gasteiger partial charge in [-0.1, -0.05) is 11.6 Å². The quantitative estimate of drug-likeness (QED) is 0.652. The van der Waals surface area contributed by atoms with Crippen LogP contribution in [-0.4, -0.2) is 19.0 Å². The van der Waals surface area contributed by atoms with Gasteiger partial charge in [0.1, 0.15) is 16.1 Å². The number of thiophene rings is 1. The van der Waals surface area contributed by atoms with Crippen LogP contribution in [0.2, 0.25) is 5.02 Å². The number of methoxy groups -OCH3 is 1. The number of esters is 1. The van der Waals surface area contributed by atoms with Gasteiger partial charge < -0.3 is 14.5 Å². The van der Waals surface area contributed by atoms with E-state index in [1.165, 1.54) is 24.5 Å². The molecule has 0 aliphatic heterocycles. The predicted molar refractivity (Wildman–Crippen MR) is 100 cm³/mol. The molecule has 26 heavy (non-hydrogen) atoms. The zero-order chi connectivity index (χ0) is 19.0. The number of carbonyl (C=O) groups excluding carboxylic acids is 2. The summed E-state index contributed by atoms with van der Waals surface area (Å²) in [6, 6.07) is 6.47. The third kappa shape index (κ3) is 3.23. The molecule has 3 aromatic rings. The van der Waals surface area contributed by atoms with Crippen LogP contribution in [-0.2, 0) is 4.74 Å². The van der Waals surface area contributed by atoms with Gasteiger partial charge in [-0.05, 0) is 43.7 Å². The number of benzene rings is 1. The molecule has 2 N–H and O–H groups in total. The van der Waals surface area contributed by atoms with Gasteiger partial charge in [0.05, 0.1) is 12.7 Å². The van der Waals surface area contributed by atoms with Crippen LogP contribution < -0.4 is 10.9 Å². The van der Waals surface area contributed by atoms with Crippen molar-refractivity contribution in [1.29, 1.82) is 5.41 Å². The molecule has 134 valence electrons. The minimum atomic E-state index is -0.549. The summed E-state index contributed by atoms with van der Waals surface area (Å²) >= 11 is 7.25. The van der Waals surface area contributed by atoms with E-state index in [0.717, 1.165) is 10.4 Å². The number of fused-ring (bicyclic) bond motifs is 1. The summed E-state index contributed by atoms with van der Waals surface area (Å²) in [6.07, 6.45) is 0. The molecule has 2 heterocycles. The molecule has 0 unspecified atom stereocenters. The highest BCUT2D eigenvalue weighted by Crippen LogP contribution is 2.33. The lowest BCUT2D eigenvalue weighted by atomic mass is 10.1. The molecule has 1 amide bonds. The number of amides is 1. The van der Waals surface area contributed by atoms with Gasteiger partial charge in [-0.25, -0.2) is 4.79 Å². The van der Waals surface area contributed by atoms with Crippen LogP contribution in [0.1, 0.15) is 31.2 Å². The molecule has 0 spiro atoms. The maximum atomic E-state index is 12.7. The predicted octanol–water partition coefficient (Wildman–Crippen LogP) is 4.28. The molecule has 2 aromatic heterocycles. The highest BCUT2D eigenvalue weighted by molar-refractivity contribution is 7.16. The van der Waals surface area contributed by atoms with Crippen LogP contribution >= 0.6 is 22.9 Å². The molecular weight excluding hydrogens is 376 g/mol. The zero-order valence-corrected chi connectivity index (χ0v) is 15.8. The minimum Gasteiger partial charge on any atom is -0.465 e. The number of nitrogens with one attached hydrogen (secondary N) is 2. The third-order valence-corrected chi connectivity index (χ3v) is 5.33. The van der Waals surface area contributed by atoms with Gasteiger partial charge in [-0.2, -0.15) is 0 Å². The molecule has 8 heteroatoms. The Morgan fingerprint density at radius 3 is 2.69 bits per heavy atom. The fourth-order valence-corrected chi connectivity index (χ4v) is 3.74. The van der Waals surface area contributed by atoms with E-state index >= 15 is 0 Å². The molecule has 0 bridgehead atoms. The summed E-state index contributed by atoms with van der Waals surface area (Å²) in [7, 11) is 1.29. The van der Waals surface area contributed by atoms with Crippen LogP contribution in [0.4, 0.5) is 5.00 Å². The van der Waals surface area contributed by atoms with Crippen molar-refractivity contribution in [2.24, 2.45) is 0 Å². The van der Waals surface area contributed by atoms with E-state index in [-0.39, 0.29) is 11.1 Å². The van der Waals surface area contributed by atoms with Crippen molar-refractivity contribution < 1.29 is 18.7 Å². The average molecular weight is 391 g/mol. The molecule has 3 rings (SSSR count). The Morgan fingerprint density at radius 1 is 1.27 bits per heavy atom. The number of halogens is 1. The molecule has 0 saturated carbocycles. The SMILES string of the molecule is COC(=O)c1c(NC(=O)c2cc3cc(Cl)ccc3oc2=N)sc(C)c1C. The average Bonchev–Trinajstić information content (AvgIpc) is 2.87. The first-order valence-corrected chi connectivity index (χ1v) is 8.79. The smallest absolute Gasteiger partial charge is 0.341 e. The Balaban J connectivity index is 2.03. The molecule has 6 nitrogen and oxygen atoms in total. The monoisotopic (exact) mass is 390 g/mol. The Kier molecular flexibility index (Phi) is 4.84. The van der Waals surface area contributed by atoms with Crippen molar-refractivity contribution >= 4 is 50.8 Å². The summed E-state index contributed by atoms with van der Waals surface area (Å²) in [4.78, 5) is 25.6. The van der Waals surface area contributed by atoms with E-state index in [0.29, 0.717) is 26.6 Å². The number of anilines is 1. The number of hydrogen-bond donors (Lipinski definition) is 2. The molecule has 0 fully saturated rings. The van der Waals surface area contributed by atoms with Crippen molar-refractivity contribution in [3.63, 3.8) is 0 Å². The Hall–Kier alpha value is -2.64. The normalized spacial score (nSPS) is 10.8. The lowest BCUT2D eigenvalue weighted by Crippen LogP contribution is -2.21. The number of carbonyl (C=O) groups is 2. The van der Waals surface area contributed by atoms with E-state index < -0.39 is 11.9 Å². The highest BCUT2D eigenvalue weighted by atomic mass is 35.5. The van der Waals surface area contributed by atoms with Crippen LogP contribution in [0.5, 0.6) is 0 Å². The van der Waals surface area contributed by atoms with E-state index in [9.17, 15) is 9.59 Å². The minimum absolute atomic E-state index is 0.0410. The zero-order valence-electron chi connectivity index (χ0n) is 14.2. The number of hydrogen-bond acceptors (Lipinski definition) is 6. The Bertz CT molecular complexity index is 1100. The van der Waals surface area contributed by atoms with Crippen LogP contribution in [0, 0.1) is 19.3 Å². The van der Waals surface area contributed by atoms with Crippen molar-refractivity contribution in [3.8, 4) is 0 Å². The van der Waals surface area contributed by atoms with E-state index in [1.807, 2.05) is 6.92 Å². The van der Waals surface area contributed by atoms with Gasteiger partial charge in [0.25, 0.3) is 5.91 Å². The van der Waals surface area contributed by atoms with E-state index in [1.54, 1.807) is 25.1 Å². The summed E-state index contributed by atoms with van der Waals surface area (Å²) in [5.41, 5.74) is 1.28. The van der Waals surface area contributed by atoms with Gasteiger partial charge in [0.2, 0.25) is 5.55 Å². The molecule has 0 aliphatic rings. The fourth-order valence-electron chi connectivity index (χ4n) is 2.51. The van der Waals surface area contributed by atoms with Gasteiger partial charge in [0.15, 0.2) is 0 Å². The van der Waals surface area contributed by atoms with Crippen molar-refractivity contribution in [1.82, 2.24) is 0 Å². The summed E-state index contributed by atoms with van der Waals surface area (Å²) in [6.45, 7) is 3.64. The van der Waals surface area contributed by atoms with Crippen LogP contribution in [0.3, 0.4) is 0 Å². The largest absolute Gasteiger partial charge is 0.465 e. The van der Waals surface area contributed by atoms with Crippen molar-refractivity contribution in [2.45, 2.75) is 13.8 Å². The van der Waals surface area contributed by atoms with E-state index in [4.69, 9.17) is 26.2 Å². The van der Waals surface area contributed by atoms with E-state index in [2.05, 4.69) is 5.32 Å². The van der Waals surface area contributed by atoms with Crippen molar-refractivity contribution in [3.05, 3.63) is 56.4 Å². The lowest BCUT2D eigenvalue weighted by Gasteiger charge is -2.07. The third-order valence-electron chi connectivity index (χ3n) is 3.97. The highest BCUT2D eigenvalue weighted by Gasteiger charge is 2.23. The topological polar surface area (TPSA) is 92.4 Å². The maximum Gasteiger partial charge on any atom is 0.341 e. The Morgan fingerprint density at radius 2 is 2.00 bits per heavy atom. The summed E-state index contributed by atoms with van der Waals surface area (Å²) in [5, 5.41) is 12.1. The lowest BCUT2D eigenvalue weighted by molar-refractivity contribution is 0.0601. The van der Waals surface area contributed by atoms with Gasteiger partial charge >= 0.3 is 5.97 Å². The summed E-state index contributed by atoms with van der Waals surface area (Å²) < 4.78 is 10.2. The second-order valence-electron chi connectivity index (χ2n) is 5.60. The van der Waals surface area contributed by atoms with Gasteiger partial charge in [-0.3, -0.25) is 10.2 Å². The molecule has 1 aromatic carbocycles. The summed E-state index contributed by atoms with van der Waals surface area (Å²) in [5.74, 6) is -1.07. The first-order chi connectivity index (χ1) is 12.3. The molecule has 0 radical (unpaired) electrons. The Labute approximate surface area is 157 Å². The van der Waals surface area contributed by atoms with Gasteiger partial charge in [0, 0.05) is 15.3 Å². The first kappa shape index (κ1) is 18.2. The molecular formula is C18H15ClN2O4S. The number of rotatable bonds is 3. The molecule has 0 saturated heterocycles. The second-order valence-corrected chi connectivity index (χ2v) is 7.27. The van der Waals surface area contributed by atoms with Crippen molar-refractivity contribution in [2.75, 3.05) is 12.4 Å². The van der Waals surface area contributed by atoms with Crippen LogP contribution in [0.25, 0.3) is 11.0 Å². The first-order valence-electron chi connectivity index (χ1n) is 7.59. The second kappa shape index (κ2) is 6.93. The standard InChI is InChI=1S/C18H15ClN2O4S/c1-8-9(2)26-17(14(8)18(23)24-3)21-16(22)12-7-10-6-11(19)4-5-13(10)25-15(12)20/h4-7,20H,1-3H3,(H,21,22).